The molecular weight excluding hydrogens is 232 g/mol. The number of amidine groups is 1. The van der Waals surface area contributed by atoms with Gasteiger partial charge in [-0.15, -0.1) is 11.3 Å². The number of nitrogens with zero attached hydrogens (tertiary/aromatic N) is 1. The summed E-state index contributed by atoms with van der Waals surface area (Å²) in [4.78, 5) is 17.0. The number of aliphatic imine (C=N–C) groups is 1. The van der Waals surface area contributed by atoms with Gasteiger partial charge in [0.05, 0.1) is 0 Å². The summed E-state index contributed by atoms with van der Waals surface area (Å²) in [6.45, 7) is 3.61. The quantitative estimate of drug-likeness (QED) is 0.864. The lowest BCUT2D eigenvalue weighted by molar-refractivity contribution is -0.120. The van der Waals surface area contributed by atoms with Crippen molar-refractivity contribution in [1.82, 2.24) is 5.32 Å². The number of hydrogen-bond donors (Lipinski definition) is 1. The van der Waals surface area contributed by atoms with E-state index >= 15 is 0 Å². The van der Waals surface area contributed by atoms with Crippen LogP contribution >= 0.6 is 11.3 Å². The van der Waals surface area contributed by atoms with Gasteiger partial charge in [-0.2, -0.15) is 0 Å². The maximum Gasteiger partial charge on any atom is 0.255 e. The van der Waals surface area contributed by atoms with Gasteiger partial charge in [0.25, 0.3) is 5.91 Å². The number of carbonyl (C=O) groups excluding carboxylic acids is 1. The molecule has 0 fully saturated rings. The highest BCUT2D eigenvalue weighted by Gasteiger charge is 2.27. The van der Waals surface area contributed by atoms with Crippen molar-refractivity contribution in [3.8, 4) is 0 Å². The minimum atomic E-state index is -0.416. The van der Waals surface area contributed by atoms with Crippen molar-refractivity contribution in [2.75, 3.05) is 0 Å². The minimum Gasteiger partial charge on any atom is -0.309 e. The fourth-order valence-electron chi connectivity index (χ4n) is 1.86. The normalized spacial score (nSPS) is 19.2. The molecule has 3 nitrogen and oxygen atoms in total. The highest BCUT2D eigenvalue weighted by atomic mass is 32.1. The summed E-state index contributed by atoms with van der Waals surface area (Å²) in [7, 11) is 0. The SMILES string of the molecule is C=CC1=NC(c2cc3ccccc3s2)C(=O)N1. The Hall–Kier alpha value is -1.94. The van der Waals surface area contributed by atoms with Crippen molar-refractivity contribution in [3.63, 3.8) is 0 Å². The fourth-order valence-corrected chi connectivity index (χ4v) is 2.96. The van der Waals surface area contributed by atoms with Crippen LogP contribution in [0.2, 0.25) is 0 Å². The molecular formula is C13H10N2OS. The van der Waals surface area contributed by atoms with Crippen LogP contribution in [0.5, 0.6) is 0 Å². The third-order valence-corrected chi connectivity index (χ3v) is 3.84. The van der Waals surface area contributed by atoms with E-state index in [9.17, 15) is 4.79 Å². The van der Waals surface area contributed by atoms with E-state index in [1.54, 1.807) is 17.4 Å². The minimum absolute atomic E-state index is 0.0774. The number of amides is 1. The molecule has 3 rings (SSSR count). The molecule has 1 aliphatic rings. The third-order valence-electron chi connectivity index (χ3n) is 2.68. The monoisotopic (exact) mass is 242 g/mol. The average molecular weight is 242 g/mol. The van der Waals surface area contributed by atoms with Gasteiger partial charge in [-0.05, 0) is 23.6 Å². The summed E-state index contributed by atoms with van der Waals surface area (Å²) >= 11 is 1.61. The maximum absolute atomic E-state index is 11.8. The molecule has 1 amide bonds. The molecule has 1 aromatic heterocycles. The molecule has 84 valence electrons. The van der Waals surface area contributed by atoms with Gasteiger partial charge in [-0.25, -0.2) is 4.99 Å². The van der Waals surface area contributed by atoms with Crippen LogP contribution < -0.4 is 5.32 Å². The van der Waals surface area contributed by atoms with Crippen molar-refractivity contribution in [3.05, 3.63) is 47.9 Å². The fraction of sp³-hybridized carbons (Fsp3) is 0.0769. The zero-order valence-electron chi connectivity index (χ0n) is 9.01. The van der Waals surface area contributed by atoms with Gasteiger partial charge in [0.2, 0.25) is 0 Å². The number of hydrogen-bond acceptors (Lipinski definition) is 3. The molecule has 4 heteroatoms. The van der Waals surface area contributed by atoms with Gasteiger partial charge < -0.3 is 5.32 Å². The summed E-state index contributed by atoms with van der Waals surface area (Å²) < 4.78 is 1.18. The Bertz CT molecular complexity index is 609. The summed E-state index contributed by atoms with van der Waals surface area (Å²) in [6, 6.07) is 9.69. The van der Waals surface area contributed by atoms with E-state index in [0.29, 0.717) is 5.84 Å². The largest absolute Gasteiger partial charge is 0.309 e. The highest BCUT2D eigenvalue weighted by Crippen LogP contribution is 2.33. The number of thiophene rings is 1. The van der Waals surface area contributed by atoms with E-state index in [1.165, 1.54) is 4.70 Å². The molecule has 0 aliphatic carbocycles. The van der Waals surface area contributed by atoms with Crippen LogP contribution in [0.25, 0.3) is 10.1 Å². The summed E-state index contributed by atoms with van der Waals surface area (Å²) in [5.41, 5.74) is 0. The second kappa shape index (κ2) is 3.82. The molecule has 0 saturated carbocycles. The molecule has 2 heterocycles. The zero-order chi connectivity index (χ0) is 11.8. The first-order valence-corrected chi connectivity index (χ1v) is 6.09. The molecule has 1 atom stereocenters. The number of rotatable bonds is 2. The first-order chi connectivity index (χ1) is 8.28. The van der Waals surface area contributed by atoms with Gasteiger partial charge in [-0.1, -0.05) is 24.8 Å². The van der Waals surface area contributed by atoms with E-state index in [1.807, 2.05) is 24.3 Å². The van der Waals surface area contributed by atoms with E-state index in [-0.39, 0.29) is 5.91 Å². The van der Waals surface area contributed by atoms with Gasteiger partial charge >= 0.3 is 0 Å². The molecule has 1 aliphatic heterocycles. The van der Waals surface area contributed by atoms with Crippen molar-refractivity contribution in [2.45, 2.75) is 6.04 Å². The Morgan fingerprint density at radius 2 is 2.24 bits per heavy atom. The third kappa shape index (κ3) is 1.66. The maximum atomic E-state index is 11.8. The Labute approximate surface area is 102 Å². The summed E-state index contributed by atoms with van der Waals surface area (Å²) in [5, 5.41) is 3.85. The summed E-state index contributed by atoms with van der Waals surface area (Å²) in [5.74, 6) is 0.476. The molecule has 1 N–H and O–H groups in total. The predicted octanol–water partition coefficient (Wildman–Crippen LogP) is 2.66. The molecule has 17 heavy (non-hydrogen) atoms. The number of carbonyl (C=O) groups is 1. The molecule has 0 saturated heterocycles. The number of fused-ring (bicyclic) bond motifs is 1. The van der Waals surface area contributed by atoms with Gasteiger partial charge in [-0.3, -0.25) is 4.79 Å². The molecule has 0 bridgehead atoms. The lowest BCUT2D eigenvalue weighted by atomic mass is 10.2. The first kappa shape index (κ1) is 10.2. The van der Waals surface area contributed by atoms with Gasteiger partial charge in [0, 0.05) is 9.58 Å². The number of benzene rings is 1. The Morgan fingerprint density at radius 3 is 2.94 bits per heavy atom. The van der Waals surface area contributed by atoms with Crippen LogP contribution in [0, 0.1) is 0 Å². The van der Waals surface area contributed by atoms with Crippen molar-refractivity contribution >= 4 is 33.2 Å². The van der Waals surface area contributed by atoms with Gasteiger partial charge in [0.1, 0.15) is 5.84 Å². The van der Waals surface area contributed by atoms with Crippen LogP contribution in [0.4, 0.5) is 0 Å². The number of nitrogens with one attached hydrogen (secondary N) is 1. The van der Waals surface area contributed by atoms with E-state index in [4.69, 9.17) is 0 Å². The van der Waals surface area contributed by atoms with E-state index in [2.05, 4.69) is 23.0 Å². The van der Waals surface area contributed by atoms with Gasteiger partial charge in [0.15, 0.2) is 6.04 Å². The molecule has 0 spiro atoms. The average Bonchev–Trinajstić information content (AvgIpc) is 2.91. The zero-order valence-corrected chi connectivity index (χ0v) is 9.83. The Morgan fingerprint density at radius 1 is 1.41 bits per heavy atom. The van der Waals surface area contributed by atoms with Crippen LogP contribution in [0.15, 0.2) is 48.0 Å². The Balaban J connectivity index is 2.07. The lowest BCUT2D eigenvalue weighted by Gasteiger charge is -1.98. The lowest BCUT2D eigenvalue weighted by Crippen LogP contribution is -2.24. The van der Waals surface area contributed by atoms with Crippen LogP contribution in [0.1, 0.15) is 10.9 Å². The molecule has 1 aromatic carbocycles. The first-order valence-electron chi connectivity index (χ1n) is 5.27. The van der Waals surface area contributed by atoms with Crippen LogP contribution in [0.3, 0.4) is 0 Å². The van der Waals surface area contributed by atoms with Crippen molar-refractivity contribution < 1.29 is 4.79 Å². The summed E-state index contributed by atoms with van der Waals surface area (Å²) in [6.07, 6.45) is 1.56. The standard InChI is InChI=1S/C13H10N2OS/c1-2-11-14-12(13(16)15-11)10-7-8-5-3-4-6-9(8)17-10/h2-7,12H,1H2,(H,14,15,16). The molecule has 1 unspecified atom stereocenters. The molecule has 0 radical (unpaired) electrons. The van der Waals surface area contributed by atoms with Crippen LogP contribution in [-0.4, -0.2) is 11.7 Å². The molecule has 2 aromatic rings. The smallest absolute Gasteiger partial charge is 0.255 e. The Kier molecular flexibility index (Phi) is 2.30. The second-order valence-electron chi connectivity index (χ2n) is 3.80. The van der Waals surface area contributed by atoms with E-state index in [0.717, 1.165) is 10.3 Å². The van der Waals surface area contributed by atoms with Crippen molar-refractivity contribution in [1.29, 1.82) is 0 Å². The topological polar surface area (TPSA) is 41.5 Å². The highest BCUT2D eigenvalue weighted by molar-refractivity contribution is 7.19. The van der Waals surface area contributed by atoms with E-state index < -0.39 is 6.04 Å². The van der Waals surface area contributed by atoms with Crippen molar-refractivity contribution in [2.24, 2.45) is 4.99 Å². The van der Waals surface area contributed by atoms with Crippen LogP contribution in [-0.2, 0) is 4.79 Å². The second-order valence-corrected chi connectivity index (χ2v) is 4.91. The predicted molar refractivity (Wildman–Crippen MR) is 70.3 cm³/mol.